The van der Waals surface area contributed by atoms with E-state index in [0.29, 0.717) is 5.92 Å². The first kappa shape index (κ1) is 17.2. The molecule has 0 radical (unpaired) electrons. The van der Waals surface area contributed by atoms with Crippen LogP contribution in [0.4, 0.5) is 0 Å². The van der Waals surface area contributed by atoms with Gasteiger partial charge in [0.2, 0.25) is 0 Å². The van der Waals surface area contributed by atoms with Gasteiger partial charge in [0.1, 0.15) is 0 Å². The summed E-state index contributed by atoms with van der Waals surface area (Å²) in [4.78, 5) is 1.41. The van der Waals surface area contributed by atoms with Crippen LogP contribution in [-0.4, -0.2) is 12.1 Å². The maximum absolute atomic E-state index is 3.65. The zero-order valence-corrected chi connectivity index (χ0v) is 16.6. The van der Waals surface area contributed by atoms with Crippen LogP contribution in [0.3, 0.4) is 0 Å². The Morgan fingerprint density at radius 1 is 1.19 bits per heavy atom. The predicted molar refractivity (Wildman–Crippen MR) is 100 cm³/mol. The molecule has 21 heavy (non-hydrogen) atoms. The smallest absolute Gasteiger partial charge is 0.0314 e. The molecule has 0 spiro atoms. The molecule has 1 aromatic carbocycles. The van der Waals surface area contributed by atoms with E-state index >= 15 is 0 Å². The third-order valence-corrected chi connectivity index (χ3v) is 5.76. The number of hydrogen-bond acceptors (Lipinski definition) is 2. The van der Waals surface area contributed by atoms with Crippen LogP contribution in [0.2, 0.25) is 0 Å². The molecule has 0 fully saturated rings. The van der Waals surface area contributed by atoms with Crippen molar-refractivity contribution in [1.29, 1.82) is 0 Å². The largest absolute Gasteiger partial charge is 0.311 e. The minimum Gasteiger partial charge on any atom is -0.311 e. The molecular formula is C17H21Br2NS. The van der Waals surface area contributed by atoms with Crippen LogP contribution < -0.4 is 5.32 Å². The molecule has 1 aromatic heterocycles. The van der Waals surface area contributed by atoms with Gasteiger partial charge in [-0.3, -0.25) is 0 Å². The number of thiophene rings is 1. The van der Waals surface area contributed by atoms with Crippen molar-refractivity contribution in [3.63, 3.8) is 0 Å². The molecule has 0 aliphatic rings. The average molecular weight is 431 g/mol. The zero-order valence-electron chi connectivity index (χ0n) is 12.6. The van der Waals surface area contributed by atoms with Crippen molar-refractivity contribution >= 4 is 43.2 Å². The second kappa shape index (κ2) is 7.40. The summed E-state index contributed by atoms with van der Waals surface area (Å²) in [7, 11) is 0. The molecule has 0 saturated heterocycles. The Kier molecular flexibility index (Phi) is 6.06. The molecule has 114 valence electrons. The molecule has 0 saturated carbocycles. The van der Waals surface area contributed by atoms with Gasteiger partial charge in [-0.2, -0.15) is 0 Å². The normalized spacial score (nSPS) is 13.4. The van der Waals surface area contributed by atoms with Crippen LogP contribution in [0.1, 0.15) is 37.1 Å². The number of nitrogens with one attached hydrogen (secondary N) is 1. The molecule has 0 aliphatic heterocycles. The molecule has 0 aliphatic carbocycles. The van der Waals surface area contributed by atoms with Gasteiger partial charge < -0.3 is 5.32 Å². The van der Waals surface area contributed by atoms with E-state index in [2.05, 4.69) is 93.7 Å². The maximum atomic E-state index is 3.65. The van der Waals surface area contributed by atoms with Gasteiger partial charge in [-0.15, -0.1) is 11.3 Å². The van der Waals surface area contributed by atoms with Crippen LogP contribution in [-0.2, 0) is 6.42 Å². The topological polar surface area (TPSA) is 12.0 Å². The van der Waals surface area contributed by atoms with Crippen LogP contribution in [0, 0.1) is 0 Å². The number of rotatable bonds is 5. The zero-order chi connectivity index (χ0) is 15.5. The lowest BCUT2D eigenvalue weighted by Crippen LogP contribution is -2.39. The van der Waals surface area contributed by atoms with E-state index in [4.69, 9.17) is 0 Å². The fourth-order valence-electron chi connectivity index (χ4n) is 2.19. The van der Waals surface area contributed by atoms with Crippen LogP contribution >= 0.6 is 43.2 Å². The Balaban J connectivity index is 2.19. The Morgan fingerprint density at radius 3 is 2.52 bits per heavy atom. The highest BCUT2D eigenvalue weighted by atomic mass is 79.9. The van der Waals surface area contributed by atoms with Crippen molar-refractivity contribution in [2.24, 2.45) is 0 Å². The first-order valence-electron chi connectivity index (χ1n) is 7.07. The van der Waals surface area contributed by atoms with Gasteiger partial charge >= 0.3 is 0 Å². The highest BCUT2D eigenvalue weighted by Crippen LogP contribution is 2.30. The van der Waals surface area contributed by atoms with Crippen molar-refractivity contribution in [2.45, 2.75) is 38.6 Å². The molecule has 1 nitrogen and oxygen atoms in total. The summed E-state index contributed by atoms with van der Waals surface area (Å²) in [5.74, 6) is 0.469. The summed E-state index contributed by atoms with van der Waals surface area (Å²) in [5.41, 5.74) is 1.51. The van der Waals surface area contributed by atoms with E-state index in [-0.39, 0.29) is 5.54 Å². The first-order chi connectivity index (χ1) is 9.85. The lowest BCUT2D eigenvalue weighted by molar-refractivity contribution is 0.405. The van der Waals surface area contributed by atoms with Crippen LogP contribution in [0.5, 0.6) is 0 Å². The maximum Gasteiger partial charge on any atom is 0.0314 e. The Hall–Kier alpha value is -0.160. The number of benzene rings is 1. The van der Waals surface area contributed by atoms with Crippen molar-refractivity contribution in [2.75, 3.05) is 6.54 Å². The van der Waals surface area contributed by atoms with Crippen molar-refractivity contribution in [3.8, 4) is 0 Å². The highest BCUT2D eigenvalue weighted by molar-refractivity contribution is 9.10. The van der Waals surface area contributed by atoms with Gasteiger partial charge in [0.25, 0.3) is 0 Å². The van der Waals surface area contributed by atoms with Gasteiger partial charge in [0, 0.05) is 31.8 Å². The number of hydrogen-bond donors (Lipinski definition) is 1. The fourth-order valence-corrected chi connectivity index (χ4v) is 4.21. The van der Waals surface area contributed by atoms with Gasteiger partial charge in [-0.05, 0) is 72.3 Å². The van der Waals surface area contributed by atoms with Crippen molar-refractivity contribution < 1.29 is 0 Å². The molecule has 0 bridgehead atoms. The third kappa shape index (κ3) is 5.51. The van der Waals surface area contributed by atoms with E-state index in [1.54, 1.807) is 0 Å². The van der Waals surface area contributed by atoms with Gasteiger partial charge in [0.05, 0.1) is 0 Å². The second-order valence-corrected chi connectivity index (χ2v) is 9.05. The van der Waals surface area contributed by atoms with E-state index < -0.39 is 0 Å². The Labute approximate surface area is 148 Å². The average Bonchev–Trinajstić information content (AvgIpc) is 2.79. The van der Waals surface area contributed by atoms with Gasteiger partial charge in [-0.25, -0.2) is 0 Å². The lowest BCUT2D eigenvalue weighted by Gasteiger charge is -2.25. The van der Waals surface area contributed by atoms with Crippen LogP contribution in [0.25, 0.3) is 0 Å². The van der Waals surface area contributed by atoms with Crippen molar-refractivity contribution in [1.82, 2.24) is 5.32 Å². The SMILES string of the molecule is CC(C)(C)NCC(Cc1sccc1Br)c1cccc(Br)c1. The van der Waals surface area contributed by atoms with E-state index in [9.17, 15) is 0 Å². The molecule has 1 N–H and O–H groups in total. The lowest BCUT2D eigenvalue weighted by atomic mass is 9.94. The van der Waals surface area contributed by atoms with E-state index in [0.717, 1.165) is 17.4 Å². The second-order valence-electron chi connectivity index (χ2n) is 6.28. The monoisotopic (exact) mass is 429 g/mol. The number of halogens is 2. The Morgan fingerprint density at radius 2 is 1.95 bits per heavy atom. The summed E-state index contributed by atoms with van der Waals surface area (Å²) < 4.78 is 2.37. The molecule has 2 rings (SSSR count). The predicted octanol–water partition coefficient (Wildman–Crippen LogP) is 5.99. The summed E-state index contributed by atoms with van der Waals surface area (Å²) in [6.45, 7) is 7.62. The summed E-state index contributed by atoms with van der Waals surface area (Å²) in [6.07, 6.45) is 1.05. The van der Waals surface area contributed by atoms with E-state index in [1.807, 2.05) is 11.3 Å². The highest BCUT2D eigenvalue weighted by Gasteiger charge is 2.18. The molecule has 4 heteroatoms. The minimum absolute atomic E-state index is 0.136. The summed E-state index contributed by atoms with van der Waals surface area (Å²) in [5, 5.41) is 5.79. The summed E-state index contributed by atoms with van der Waals surface area (Å²) >= 11 is 9.06. The fraction of sp³-hybridized carbons (Fsp3) is 0.412. The van der Waals surface area contributed by atoms with E-state index in [1.165, 1.54) is 14.9 Å². The summed E-state index contributed by atoms with van der Waals surface area (Å²) in [6, 6.07) is 10.8. The Bertz CT molecular complexity index is 586. The molecule has 0 amide bonds. The van der Waals surface area contributed by atoms with Gasteiger partial charge in [0.15, 0.2) is 0 Å². The molecule has 1 unspecified atom stereocenters. The molecule has 2 aromatic rings. The molecule has 1 heterocycles. The third-order valence-electron chi connectivity index (χ3n) is 3.32. The van der Waals surface area contributed by atoms with Crippen molar-refractivity contribution in [3.05, 3.63) is 55.1 Å². The minimum atomic E-state index is 0.136. The molecular weight excluding hydrogens is 410 g/mol. The van der Waals surface area contributed by atoms with Gasteiger partial charge in [-0.1, -0.05) is 28.1 Å². The molecule has 1 atom stereocenters. The van der Waals surface area contributed by atoms with Crippen LogP contribution in [0.15, 0.2) is 44.7 Å². The standard InChI is InChI=1S/C17H21Br2NS/c1-17(2,3)20-11-13(10-16-15(19)7-8-21-16)12-5-4-6-14(18)9-12/h4-9,13,20H,10-11H2,1-3H3. The first-order valence-corrected chi connectivity index (χ1v) is 9.54. The quantitative estimate of drug-likeness (QED) is 0.614.